The van der Waals surface area contributed by atoms with E-state index in [-0.39, 0.29) is 17.2 Å². The summed E-state index contributed by atoms with van der Waals surface area (Å²) < 4.78 is 18.2. The van der Waals surface area contributed by atoms with Crippen LogP contribution in [0.1, 0.15) is 45.0 Å². The number of carbonyl (C=O) groups is 2. The summed E-state index contributed by atoms with van der Waals surface area (Å²) in [6, 6.07) is 3.53. The van der Waals surface area contributed by atoms with Crippen LogP contribution in [0, 0.1) is 12.7 Å². The molecule has 0 saturated carbocycles. The predicted octanol–water partition coefficient (Wildman–Crippen LogP) is 4.84. The number of thiophene rings is 1. The maximum atomic E-state index is 13.1. The van der Waals surface area contributed by atoms with Gasteiger partial charge in [0.15, 0.2) is 0 Å². The molecule has 1 heterocycles. The van der Waals surface area contributed by atoms with E-state index in [2.05, 4.69) is 5.32 Å². The van der Waals surface area contributed by atoms with Gasteiger partial charge in [-0.1, -0.05) is 18.5 Å². The molecule has 0 spiro atoms. The number of anilines is 1. The van der Waals surface area contributed by atoms with E-state index in [0.717, 1.165) is 22.6 Å². The molecular weight excluding hydrogens is 353 g/mol. The summed E-state index contributed by atoms with van der Waals surface area (Å²) >= 11 is 7.22. The van der Waals surface area contributed by atoms with Crippen molar-refractivity contribution in [2.75, 3.05) is 11.9 Å². The maximum absolute atomic E-state index is 13.1. The number of esters is 1. The minimum absolute atomic E-state index is 0.00850. The summed E-state index contributed by atoms with van der Waals surface area (Å²) in [5, 5.41) is 3.11. The second-order valence-electron chi connectivity index (χ2n) is 4.99. The van der Waals surface area contributed by atoms with Crippen molar-refractivity contribution in [1.29, 1.82) is 0 Å². The fourth-order valence-corrected chi connectivity index (χ4v) is 3.74. The molecule has 0 atom stereocenters. The molecule has 7 heteroatoms. The van der Waals surface area contributed by atoms with Gasteiger partial charge in [0.05, 0.1) is 22.8 Å². The molecular formula is C17H17ClFNO3S. The van der Waals surface area contributed by atoms with Crippen LogP contribution < -0.4 is 5.32 Å². The van der Waals surface area contributed by atoms with Crippen LogP contribution >= 0.6 is 22.9 Å². The molecule has 1 aromatic heterocycles. The average molecular weight is 370 g/mol. The highest BCUT2D eigenvalue weighted by molar-refractivity contribution is 7.16. The van der Waals surface area contributed by atoms with E-state index in [4.69, 9.17) is 16.3 Å². The highest BCUT2D eigenvalue weighted by atomic mass is 35.5. The molecule has 1 N–H and O–H groups in total. The molecule has 1 aromatic carbocycles. The van der Waals surface area contributed by atoms with Gasteiger partial charge in [0.2, 0.25) is 0 Å². The second-order valence-corrected chi connectivity index (χ2v) is 6.63. The largest absolute Gasteiger partial charge is 0.462 e. The van der Waals surface area contributed by atoms with Gasteiger partial charge in [0.1, 0.15) is 10.8 Å². The SMILES string of the molecule is CCOC(=O)c1c(NC(=O)c2ccc(F)cc2Cl)sc(C)c1CC. The summed E-state index contributed by atoms with van der Waals surface area (Å²) in [6.45, 7) is 5.78. The van der Waals surface area contributed by atoms with Crippen LogP contribution in [-0.4, -0.2) is 18.5 Å². The lowest BCUT2D eigenvalue weighted by molar-refractivity contribution is 0.0527. The lowest BCUT2D eigenvalue weighted by Crippen LogP contribution is -2.15. The van der Waals surface area contributed by atoms with Crippen LogP contribution in [0.5, 0.6) is 0 Å². The number of rotatable bonds is 5. The molecule has 0 bridgehead atoms. The Morgan fingerprint density at radius 1 is 1.33 bits per heavy atom. The number of aryl methyl sites for hydroxylation is 1. The third-order valence-electron chi connectivity index (χ3n) is 3.44. The van der Waals surface area contributed by atoms with Crippen LogP contribution in [0.2, 0.25) is 5.02 Å². The van der Waals surface area contributed by atoms with Gasteiger partial charge in [-0.15, -0.1) is 11.3 Å². The normalized spacial score (nSPS) is 10.5. The molecule has 0 aliphatic rings. The Morgan fingerprint density at radius 2 is 2.04 bits per heavy atom. The molecule has 1 amide bonds. The Labute approximate surface area is 148 Å². The van der Waals surface area contributed by atoms with Crippen molar-refractivity contribution < 1.29 is 18.7 Å². The van der Waals surface area contributed by atoms with Gasteiger partial charge in [-0.2, -0.15) is 0 Å². The van der Waals surface area contributed by atoms with E-state index in [0.29, 0.717) is 17.0 Å². The van der Waals surface area contributed by atoms with Crippen molar-refractivity contribution >= 4 is 39.8 Å². The number of ether oxygens (including phenoxy) is 1. The minimum atomic E-state index is -0.524. The highest BCUT2D eigenvalue weighted by Crippen LogP contribution is 2.34. The van der Waals surface area contributed by atoms with Crippen molar-refractivity contribution in [1.82, 2.24) is 0 Å². The molecule has 0 aliphatic carbocycles. The number of nitrogens with one attached hydrogen (secondary N) is 1. The summed E-state index contributed by atoms with van der Waals surface area (Å²) in [7, 11) is 0. The minimum Gasteiger partial charge on any atom is -0.462 e. The third kappa shape index (κ3) is 3.76. The zero-order valence-corrected chi connectivity index (χ0v) is 15.1. The van der Waals surface area contributed by atoms with Crippen molar-refractivity contribution in [3.05, 3.63) is 50.6 Å². The van der Waals surface area contributed by atoms with Crippen LogP contribution in [0.15, 0.2) is 18.2 Å². The molecule has 0 fully saturated rings. The van der Waals surface area contributed by atoms with Crippen molar-refractivity contribution in [3.8, 4) is 0 Å². The van der Waals surface area contributed by atoms with Crippen LogP contribution in [0.4, 0.5) is 9.39 Å². The topological polar surface area (TPSA) is 55.4 Å². The van der Waals surface area contributed by atoms with Gasteiger partial charge in [-0.05, 0) is 44.0 Å². The summed E-state index contributed by atoms with van der Waals surface area (Å²) in [5.41, 5.74) is 1.35. The number of amides is 1. The molecule has 24 heavy (non-hydrogen) atoms. The first-order valence-electron chi connectivity index (χ1n) is 7.44. The number of carbonyl (C=O) groups excluding carboxylic acids is 2. The van der Waals surface area contributed by atoms with Crippen molar-refractivity contribution in [3.63, 3.8) is 0 Å². The average Bonchev–Trinajstić information content (AvgIpc) is 2.82. The monoisotopic (exact) mass is 369 g/mol. The zero-order valence-electron chi connectivity index (χ0n) is 13.5. The molecule has 4 nitrogen and oxygen atoms in total. The fraction of sp³-hybridized carbons (Fsp3) is 0.294. The highest BCUT2D eigenvalue weighted by Gasteiger charge is 2.24. The van der Waals surface area contributed by atoms with E-state index in [9.17, 15) is 14.0 Å². The second kappa shape index (κ2) is 7.77. The van der Waals surface area contributed by atoms with Crippen LogP contribution in [0.3, 0.4) is 0 Å². The lowest BCUT2D eigenvalue weighted by atomic mass is 10.1. The Morgan fingerprint density at radius 3 is 2.62 bits per heavy atom. The first-order valence-corrected chi connectivity index (χ1v) is 8.64. The quantitative estimate of drug-likeness (QED) is 0.767. The molecule has 2 rings (SSSR count). The van der Waals surface area contributed by atoms with Gasteiger partial charge < -0.3 is 10.1 Å². The standard InChI is InChI=1S/C17H17ClFNO3S/c1-4-11-9(3)24-16(14(11)17(22)23-5-2)20-15(21)12-7-6-10(19)8-13(12)18/h6-8H,4-5H2,1-3H3,(H,20,21). The molecule has 0 unspecified atom stereocenters. The van der Waals surface area contributed by atoms with Crippen molar-refractivity contribution in [2.24, 2.45) is 0 Å². The molecule has 0 saturated heterocycles. The van der Waals surface area contributed by atoms with Crippen LogP contribution in [0.25, 0.3) is 0 Å². The summed E-state index contributed by atoms with van der Waals surface area (Å²) in [6.07, 6.45) is 0.643. The number of halogens is 2. The summed E-state index contributed by atoms with van der Waals surface area (Å²) in [5.74, 6) is -1.50. The Bertz CT molecular complexity index is 788. The van der Waals surface area contributed by atoms with Gasteiger partial charge in [-0.25, -0.2) is 9.18 Å². The Balaban J connectivity index is 2.38. The first-order chi connectivity index (χ1) is 11.4. The summed E-state index contributed by atoms with van der Waals surface area (Å²) in [4.78, 5) is 25.6. The van der Waals surface area contributed by atoms with Crippen LogP contribution in [-0.2, 0) is 11.2 Å². The van der Waals surface area contributed by atoms with Gasteiger partial charge in [0, 0.05) is 4.88 Å². The van der Waals surface area contributed by atoms with Gasteiger partial charge >= 0.3 is 5.97 Å². The lowest BCUT2D eigenvalue weighted by Gasteiger charge is -2.09. The molecule has 0 aliphatic heterocycles. The van der Waals surface area contributed by atoms with E-state index in [1.54, 1.807) is 6.92 Å². The van der Waals surface area contributed by atoms with E-state index in [1.807, 2.05) is 13.8 Å². The van der Waals surface area contributed by atoms with E-state index >= 15 is 0 Å². The molecule has 0 radical (unpaired) electrons. The number of hydrogen-bond donors (Lipinski definition) is 1. The van der Waals surface area contributed by atoms with E-state index < -0.39 is 17.7 Å². The predicted molar refractivity (Wildman–Crippen MR) is 93.8 cm³/mol. The van der Waals surface area contributed by atoms with Gasteiger partial charge in [0.25, 0.3) is 5.91 Å². The maximum Gasteiger partial charge on any atom is 0.341 e. The Hall–Kier alpha value is -1.92. The number of benzene rings is 1. The Kier molecular flexibility index (Phi) is 5.96. The molecule has 128 valence electrons. The first kappa shape index (κ1) is 18.4. The number of hydrogen-bond acceptors (Lipinski definition) is 4. The van der Waals surface area contributed by atoms with E-state index in [1.165, 1.54) is 17.4 Å². The zero-order chi connectivity index (χ0) is 17.9. The van der Waals surface area contributed by atoms with Crippen molar-refractivity contribution in [2.45, 2.75) is 27.2 Å². The smallest absolute Gasteiger partial charge is 0.341 e. The fourth-order valence-electron chi connectivity index (χ4n) is 2.36. The third-order valence-corrected chi connectivity index (χ3v) is 4.82. The van der Waals surface area contributed by atoms with Gasteiger partial charge in [-0.3, -0.25) is 4.79 Å². The molecule has 2 aromatic rings.